The third kappa shape index (κ3) is 4.27. The van der Waals surface area contributed by atoms with Gasteiger partial charge >= 0.3 is 0 Å². The average Bonchev–Trinajstić information content (AvgIpc) is 3.06. The number of methoxy groups -OCH3 is 3. The SMILES string of the molecule is COc1cc([C@H]2C(=C(O)c3ccccc3)C(=O)C(=O)N2CCN(C)C)cc(OC)c1OC. The number of carbonyl (C=O) groups is 2. The monoisotopic (exact) mass is 440 g/mol. The van der Waals surface area contributed by atoms with E-state index in [9.17, 15) is 14.7 Å². The number of amides is 1. The first-order valence-corrected chi connectivity index (χ1v) is 10.1. The van der Waals surface area contributed by atoms with Crippen LogP contribution in [0.4, 0.5) is 0 Å². The van der Waals surface area contributed by atoms with E-state index in [-0.39, 0.29) is 11.3 Å². The smallest absolute Gasteiger partial charge is 0.295 e. The van der Waals surface area contributed by atoms with Crippen LogP contribution < -0.4 is 14.2 Å². The van der Waals surface area contributed by atoms with Crippen LogP contribution in [-0.2, 0) is 9.59 Å². The number of nitrogens with zero attached hydrogens (tertiary/aromatic N) is 2. The quantitative estimate of drug-likeness (QED) is 0.384. The Bertz CT molecular complexity index is 1010. The number of hydrogen-bond acceptors (Lipinski definition) is 7. The predicted octanol–water partition coefficient (Wildman–Crippen LogP) is 2.70. The topological polar surface area (TPSA) is 88.5 Å². The van der Waals surface area contributed by atoms with E-state index < -0.39 is 17.7 Å². The Labute approximate surface area is 187 Å². The molecule has 2 aromatic carbocycles. The fourth-order valence-electron chi connectivity index (χ4n) is 3.78. The first kappa shape index (κ1) is 23.1. The molecule has 3 rings (SSSR count). The minimum absolute atomic E-state index is 0.0224. The van der Waals surface area contributed by atoms with Gasteiger partial charge < -0.3 is 29.1 Å². The van der Waals surface area contributed by atoms with E-state index in [4.69, 9.17) is 14.2 Å². The lowest BCUT2D eigenvalue weighted by Gasteiger charge is -2.27. The number of carbonyl (C=O) groups excluding carboxylic acids is 2. The molecule has 1 N–H and O–H groups in total. The van der Waals surface area contributed by atoms with Gasteiger partial charge in [0.05, 0.1) is 32.9 Å². The van der Waals surface area contributed by atoms with Crippen molar-refractivity contribution in [2.45, 2.75) is 6.04 Å². The van der Waals surface area contributed by atoms with E-state index in [1.807, 2.05) is 25.1 Å². The number of aliphatic hydroxyl groups is 1. The Hall–Kier alpha value is -3.52. The lowest BCUT2D eigenvalue weighted by atomic mass is 9.94. The van der Waals surface area contributed by atoms with Gasteiger partial charge in [0.25, 0.3) is 11.7 Å². The van der Waals surface area contributed by atoms with E-state index in [1.165, 1.54) is 26.2 Å². The Morgan fingerprint density at radius 1 is 1.00 bits per heavy atom. The fraction of sp³-hybridized carbons (Fsp3) is 0.333. The molecule has 8 heteroatoms. The van der Waals surface area contributed by atoms with Crippen molar-refractivity contribution >= 4 is 17.4 Å². The van der Waals surface area contributed by atoms with Gasteiger partial charge in [0.1, 0.15) is 5.76 Å². The van der Waals surface area contributed by atoms with Crippen molar-refractivity contribution in [2.75, 3.05) is 48.5 Å². The maximum absolute atomic E-state index is 13.1. The number of hydrogen-bond donors (Lipinski definition) is 1. The first-order chi connectivity index (χ1) is 15.3. The molecule has 2 aromatic rings. The van der Waals surface area contributed by atoms with Crippen LogP contribution in [-0.4, -0.2) is 75.1 Å². The Morgan fingerprint density at radius 3 is 2.09 bits per heavy atom. The minimum atomic E-state index is -0.816. The second-order valence-electron chi connectivity index (χ2n) is 7.62. The Kier molecular flexibility index (Phi) is 7.05. The summed E-state index contributed by atoms with van der Waals surface area (Å²) in [5.74, 6) is -0.450. The van der Waals surface area contributed by atoms with E-state index in [2.05, 4.69) is 0 Å². The summed E-state index contributed by atoms with van der Waals surface area (Å²) in [6.45, 7) is 0.837. The molecule has 0 unspecified atom stereocenters. The summed E-state index contributed by atoms with van der Waals surface area (Å²) in [6, 6.07) is 11.3. The second-order valence-corrected chi connectivity index (χ2v) is 7.62. The average molecular weight is 440 g/mol. The van der Waals surface area contributed by atoms with E-state index in [1.54, 1.807) is 36.4 Å². The highest BCUT2D eigenvalue weighted by Crippen LogP contribution is 2.45. The number of ether oxygens (including phenoxy) is 3. The highest BCUT2D eigenvalue weighted by Gasteiger charge is 2.46. The summed E-state index contributed by atoms with van der Waals surface area (Å²) in [6.07, 6.45) is 0. The van der Waals surface area contributed by atoms with Gasteiger partial charge in [0.15, 0.2) is 11.5 Å². The molecule has 1 atom stereocenters. The van der Waals surface area contributed by atoms with Crippen LogP contribution in [0.3, 0.4) is 0 Å². The lowest BCUT2D eigenvalue weighted by molar-refractivity contribution is -0.140. The molecule has 170 valence electrons. The Morgan fingerprint density at radius 2 is 1.59 bits per heavy atom. The first-order valence-electron chi connectivity index (χ1n) is 10.1. The van der Waals surface area contributed by atoms with Gasteiger partial charge in [-0.2, -0.15) is 0 Å². The predicted molar refractivity (Wildman–Crippen MR) is 120 cm³/mol. The van der Waals surface area contributed by atoms with Crippen molar-refractivity contribution in [1.82, 2.24) is 9.80 Å². The molecule has 1 fully saturated rings. The van der Waals surface area contributed by atoms with Crippen molar-refractivity contribution in [1.29, 1.82) is 0 Å². The van der Waals surface area contributed by atoms with Crippen molar-refractivity contribution in [3.63, 3.8) is 0 Å². The number of likely N-dealkylation sites (N-methyl/N-ethyl adjacent to an activating group) is 1. The van der Waals surface area contributed by atoms with Crippen LogP contribution >= 0.6 is 0 Å². The van der Waals surface area contributed by atoms with E-state index >= 15 is 0 Å². The standard InChI is InChI=1S/C24H28N2O6/c1-25(2)11-12-26-20(16-13-17(30-3)23(32-5)18(14-16)31-4)19(22(28)24(26)29)21(27)15-9-7-6-8-10-15/h6-10,13-14,20,27H,11-12H2,1-5H3/t20-/m0/s1. The molecule has 32 heavy (non-hydrogen) atoms. The van der Waals surface area contributed by atoms with Crippen LogP contribution in [0.2, 0.25) is 0 Å². The van der Waals surface area contributed by atoms with Crippen molar-refractivity contribution in [2.24, 2.45) is 0 Å². The maximum Gasteiger partial charge on any atom is 0.295 e. The van der Waals surface area contributed by atoms with Crippen LogP contribution in [0, 0.1) is 0 Å². The maximum atomic E-state index is 13.1. The molecule has 0 spiro atoms. The fourth-order valence-corrected chi connectivity index (χ4v) is 3.78. The highest BCUT2D eigenvalue weighted by molar-refractivity contribution is 6.46. The van der Waals surface area contributed by atoms with E-state index in [0.29, 0.717) is 41.5 Å². The summed E-state index contributed by atoms with van der Waals surface area (Å²) < 4.78 is 16.3. The molecule has 1 heterocycles. The largest absolute Gasteiger partial charge is 0.507 e. The number of aliphatic hydroxyl groups excluding tert-OH is 1. The number of Topliss-reactive ketones (excluding diaryl/α,β-unsaturated/α-hetero) is 1. The highest BCUT2D eigenvalue weighted by atomic mass is 16.5. The summed E-state index contributed by atoms with van der Waals surface area (Å²) in [7, 11) is 8.25. The molecular weight excluding hydrogens is 412 g/mol. The van der Waals surface area contributed by atoms with Gasteiger partial charge in [-0.05, 0) is 31.8 Å². The lowest BCUT2D eigenvalue weighted by Crippen LogP contribution is -2.35. The zero-order valence-electron chi connectivity index (χ0n) is 18.9. The Balaban J connectivity index is 2.24. The second kappa shape index (κ2) is 9.74. The molecule has 1 aliphatic heterocycles. The molecule has 1 aliphatic rings. The molecule has 0 radical (unpaired) electrons. The molecule has 0 saturated carbocycles. The van der Waals surface area contributed by atoms with Crippen molar-refractivity contribution in [3.05, 3.63) is 59.2 Å². The van der Waals surface area contributed by atoms with Crippen LogP contribution in [0.25, 0.3) is 5.76 Å². The van der Waals surface area contributed by atoms with Crippen molar-refractivity contribution in [3.8, 4) is 17.2 Å². The third-order valence-electron chi connectivity index (χ3n) is 5.38. The number of likely N-dealkylation sites (tertiary alicyclic amines) is 1. The molecule has 1 amide bonds. The molecule has 1 saturated heterocycles. The number of ketones is 1. The third-order valence-corrected chi connectivity index (χ3v) is 5.38. The zero-order valence-corrected chi connectivity index (χ0v) is 18.9. The van der Waals surface area contributed by atoms with E-state index in [0.717, 1.165) is 0 Å². The number of benzene rings is 2. The van der Waals surface area contributed by atoms with Crippen LogP contribution in [0.5, 0.6) is 17.2 Å². The molecule has 8 nitrogen and oxygen atoms in total. The van der Waals surface area contributed by atoms with Gasteiger partial charge in [0, 0.05) is 18.7 Å². The molecule has 0 bridgehead atoms. The van der Waals surface area contributed by atoms with Gasteiger partial charge in [-0.15, -0.1) is 0 Å². The summed E-state index contributed by atoms with van der Waals surface area (Å²) >= 11 is 0. The molecule has 0 aromatic heterocycles. The van der Waals surface area contributed by atoms with Gasteiger partial charge in [-0.3, -0.25) is 9.59 Å². The van der Waals surface area contributed by atoms with Gasteiger partial charge in [-0.25, -0.2) is 0 Å². The zero-order chi connectivity index (χ0) is 23.4. The normalized spacial score (nSPS) is 17.7. The summed E-state index contributed by atoms with van der Waals surface area (Å²) in [5.41, 5.74) is 1.04. The summed E-state index contributed by atoms with van der Waals surface area (Å²) in [4.78, 5) is 29.5. The van der Waals surface area contributed by atoms with Gasteiger partial charge in [-0.1, -0.05) is 30.3 Å². The number of rotatable bonds is 8. The summed E-state index contributed by atoms with van der Waals surface area (Å²) in [5, 5.41) is 11.1. The van der Waals surface area contributed by atoms with Crippen LogP contribution in [0.15, 0.2) is 48.0 Å². The van der Waals surface area contributed by atoms with Crippen molar-refractivity contribution < 1.29 is 28.9 Å². The molecular formula is C24H28N2O6. The van der Waals surface area contributed by atoms with Gasteiger partial charge in [0.2, 0.25) is 5.75 Å². The minimum Gasteiger partial charge on any atom is -0.507 e. The molecule has 0 aliphatic carbocycles. The van der Waals surface area contributed by atoms with Crippen LogP contribution in [0.1, 0.15) is 17.2 Å².